The van der Waals surface area contributed by atoms with Crippen LogP contribution in [0.1, 0.15) is 32.3 Å². The molecule has 0 aliphatic heterocycles. The Morgan fingerprint density at radius 2 is 2.19 bits per heavy atom. The molecule has 4 nitrogen and oxygen atoms in total. The van der Waals surface area contributed by atoms with Crippen LogP contribution in [0.15, 0.2) is 24.3 Å². The second-order valence-electron chi connectivity index (χ2n) is 5.17. The Morgan fingerprint density at radius 1 is 1.48 bits per heavy atom. The molecule has 1 aromatic carbocycles. The van der Waals surface area contributed by atoms with E-state index in [0.717, 1.165) is 12.8 Å². The first kappa shape index (κ1) is 15.7. The lowest BCUT2D eigenvalue weighted by Gasteiger charge is -2.29. The van der Waals surface area contributed by atoms with Crippen molar-refractivity contribution in [3.05, 3.63) is 29.8 Å². The first-order valence-corrected chi connectivity index (χ1v) is 6.96. The summed E-state index contributed by atoms with van der Waals surface area (Å²) in [7, 11) is 0. The summed E-state index contributed by atoms with van der Waals surface area (Å²) in [6, 6.07) is 6.40. The monoisotopic (exact) mass is 299 g/mol. The minimum Gasteiger partial charge on any atom is -0.464 e. The van der Waals surface area contributed by atoms with Crippen LogP contribution < -0.4 is 10.1 Å². The number of hydrogen-bond acceptors (Lipinski definition) is 4. The predicted molar refractivity (Wildman–Crippen MR) is 73.2 cm³/mol. The van der Waals surface area contributed by atoms with Crippen molar-refractivity contribution in [1.29, 1.82) is 0 Å². The summed E-state index contributed by atoms with van der Waals surface area (Å²) < 4.78 is 34.2. The van der Waals surface area contributed by atoms with Crippen molar-refractivity contribution in [2.75, 3.05) is 6.61 Å². The highest BCUT2D eigenvalue weighted by atomic mass is 19.3. The van der Waals surface area contributed by atoms with Crippen LogP contribution in [-0.2, 0) is 15.1 Å². The number of esters is 1. The summed E-state index contributed by atoms with van der Waals surface area (Å²) in [6.07, 6.45) is 1.98. The number of rotatable bonds is 7. The predicted octanol–water partition coefficient (Wildman–Crippen LogP) is 2.82. The average Bonchev–Trinajstić information content (AvgIpc) is 3.22. The molecule has 0 radical (unpaired) electrons. The molecule has 1 aliphatic carbocycles. The number of ether oxygens (including phenoxy) is 2. The van der Waals surface area contributed by atoms with Crippen molar-refractivity contribution in [1.82, 2.24) is 5.32 Å². The first-order valence-electron chi connectivity index (χ1n) is 6.96. The van der Waals surface area contributed by atoms with E-state index in [9.17, 15) is 13.6 Å². The number of nitrogens with one attached hydrogen (secondary N) is 1. The Balaban J connectivity index is 2.28. The molecule has 116 valence electrons. The van der Waals surface area contributed by atoms with E-state index in [1.807, 2.05) is 0 Å². The van der Waals surface area contributed by atoms with Gasteiger partial charge in [-0.05, 0) is 44.4 Å². The SMILES string of the molecule is CCOC(=O)C(C)(NC1CC1)c1cccc(OC(F)F)c1. The van der Waals surface area contributed by atoms with E-state index in [0.29, 0.717) is 5.56 Å². The second-order valence-corrected chi connectivity index (χ2v) is 5.17. The van der Waals surface area contributed by atoms with Gasteiger partial charge in [-0.2, -0.15) is 8.78 Å². The Morgan fingerprint density at radius 3 is 2.76 bits per heavy atom. The van der Waals surface area contributed by atoms with Gasteiger partial charge in [0, 0.05) is 6.04 Å². The van der Waals surface area contributed by atoms with Crippen molar-refractivity contribution in [3.8, 4) is 5.75 Å². The van der Waals surface area contributed by atoms with Gasteiger partial charge in [-0.3, -0.25) is 5.32 Å². The van der Waals surface area contributed by atoms with Gasteiger partial charge >= 0.3 is 12.6 Å². The maximum Gasteiger partial charge on any atom is 0.387 e. The second kappa shape index (κ2) is 6.39. The zero-order valence-electron chi connectivity index (χ0n) is 12.1. The van der Waals surface area contributed by atoms with Gasteiger partial charge in [0.25, 0.3) is 0 Å². The van der Waals surface area contributed by atoms with Crippen molar-refractivity contribution >= 4 is 5.97 Å². The van der Waals surface area contributed by atoms with E-state index in [-0.39, 0.29) is 18.4 Å². The topological polar surface area (TPSA) is 47.6 Å². The molecule has 0 bridgehead atoms. The highest BCUT2D eigenvalue weighted by molar-refractivity contribution is 5.82. The van der Waals surface area contributed by atoms with Gasteiger partial charge in [-0.1, -0.05) is 12.1 Å². The molecule has 0 heterocycles. The summed E-state index contributed by atoms with van der Waals surface area (Å²) in [5.41, 5.74) is -0.524. The van der Waals surface area contributed by atoms with Crippen molar-refractivity contribution in [3.63, 3.8) is 0 Å². The van der Waals surface area contributed by atoms with Gasteiger partial charge in [0.1, 0.15) is 11.3 Å². The Bertz CT molecular complexity index is 505. The molecule has 1 fully saturated rings. The number of halogens is 2. The lowest BCUT2D eigenvalue weighted by atomic mass is 9.91. The standard InChI is InChI=1S/C15H19F2NO3/c1-3-20-13(19)15(2,18-11-7-8-11)10-5-4-6-12(9-10)21-14(16)17/h4-6,9,11,14,18H,3,7-8H2,1-2H3. The van der Waals surface area contributed by atoms with Crippen LogP contribution in [0.2, 0.25) is 0 Å². The van der Waals surface area contributed by atoms with Gasteiger partial charge in [0.05, 0.1) is 6.61 Å². The van der Waals surface area contributed by atoms with E-state index in [1.165, 1.54) is 12.1 Å². The van der Waals surface area contributed by atoms with Crippen LogP contribution in [-0.4, -0.2) is 25.2 Å². The number of hydrogen-bond donors (Lipinski definition) is 1. The molecular formula is C15H19F2NO3. The van der Waals surface area contributed by atoms with Crippen LogP contribution in [0.3, 0.4) is 0 Å². The van der Waals surface area contributed by atoms with Crippen LogP contribution in [0, 0.1) is 0 Å². The molecule has 0 aromatic heterocycles. The van der Waals surface area contributed by atoms with Crippen molar-refractivity contribution in [2.45, 2.75) is 44.9 Å². The van der Waals surface area contributed by atoms with Gasteiger partial charge in [0.15, 0.2) is 0 Å². The third-order valence-corrected chi connectivity index (χ3v) is 3.39. The third kappa shape index (κ3) is 3.91. The number of carbonyl (C=O) groups is 1. The van der Waals surface area contributed by atoms with E-state index in [2.05, 4.69) is 10.1 Å². The van der Waals surface area contributed by atoms with Crippen LogP contribution in [0.25, 0.3) is 0 Å². The van der Waals surface area contributed by atoms with Crippen LogP contribution in [0.5, 0.6) is 5.75 Å². The highest BCUT2D eigenvalue weighted by Gasteiger charge is 2.41. The number of carbonyl (C=O) groups excluding carboxylic acids is 1. The minimum atomic E-state index is -2.90. The lowest BCUT2D eigenvalue weighted by molar-refractivity contribution is -0.151. The maximum atomic E-state index is 12.3. The zero-order chi connectivity index (χ0) is 15.5. The van der Waals surface area contributed by atoms with Crippen LogP contribution >= 0.6 is 0 Å². The van der Waals surface area contributed by atoms with Gasteiger partial charge in [-0.15, -0.1) is 0 Å². The average molecular weight is 299 g/mol. The molecule has 0 saturated heterocycles. The molecule has 1 aromatic rings. The van der Waals surface area contributed by atoms with Crippen molar-refractivity contribution < 1.29 is 23.0 Å². The number of benzene rings is 1. The lowest BCUT2D eigenvalue weighted by Crippen LogP contribution is -2.48. The molecule has 6 heteroatoms. The summed E-state index contributed by atoms with van der Waals surface area (Å²) in [6.45, 7) is 0.787. The molecule has 1 saturated carbocycles. The zero-order valence-corrected chi connectivity index (χ0v) is 12.1. The fourth-order valence-corrected chi connectivity index (χ4v) is 2.15. The Labute approximate surface area is 122 Å². The largest absolute Gasteiger partial charge is 0.464 e. The molecular weight excluding hydrogens is 280 g/mol. The third-order valence-electron chi connectivity index (χ3n) is 3.39. The van der Waals surface area contributed by atoms with Gasteiger partial charge in [0.2, 0.25) is 0 Å². The smallest absolute Gasteiger partial charge is 0.387 e. The van der Waals surface area contributed by atoms with Gasteiger partial charge < -0.3 is 9.47 Å². The number of alkyl halides is 2. The van der Waals surface area contributed by atoms with E-state index in [4.69, 9.17) is 4.74 Å². The summed E-state index contributed by atoms with van der Waals surface area (Å²) >= 11 is 0. The van der Waals surface area contributed by atoms with E-state index < -0.39 is 18.1 Å². The van der Waals surface area contributed by atoms with E-state index >= 15 is 0 Å². The molecule has 21 heavy (non-hydrogen) atoms. The summed E-state index contributed by atoms with van der Waals surface area (Å²) in [5, 5.41) is 3.23. The molecule has 2 rings (SSSR count). The Hall–Kier alpha value is -1.69. The molecule has 0 amide bonds. The molecule has 0 spiro atoms. The fraction of sp³-hybridized carbons (Fsp3) is 0.533. The molecule has 1 N–H and O–H groups in total. The summed E-state index contributed by atoms with van der Waals surface area (Å²) in [4.78, 5) is 12.3. The molecule has 1 unspecified atom stereocenters. The molecule has 1 atom stereocenters. The minimum absolute atomic E-state index is 0.0237. The normalized spacial score (nSPS) is 17.4. The van der Waals surface area contributed by atoms with Crippen molar-refractivity contribution in [2.24, 2.45) is 0 Å². The highest BCUT2D eigenvalue weighted by Crippen LogP contribution is 2.31. The van der Waals surface area contributed by atoms with Gasteiger partial charge in [-0.25, -0.2) is 4.79 Å². The molecule has 1 aliphatic rings. The fourth-order valence-electron chi connectivity index (χ4n) is 2.15. The Kier molecular flexibility index (Phi) is 4.77. The summed E-state index contributed by atoms with van der Waals surface area (Å²) in [5.74, 6) is -0.401. The first-order chi connectivity index (χ1) is 9.95. The quantitative estimate of drug-likeness (QED) is 0.787. The maximum absolute atomic E-state index is 12.3. The van der Waals surface area contributed by atoms with Crippen LogP contribution in [0.4, 0.5) is 8.78 Å². The van der Waals surface area contributed by atoms with E-state index in [1.54, 1.807) is 26.0 Å².